The standard InChI is InChI=1S/C21H41NO4.C2H3NO/c1-4-7-8-9-10-13-16-19(21(24)26-6-3)22-18-15-12-11-14-17-20(23)25-5-2;4-2-1-3-2/h19,22H,4-18H2,1-3H3;1H2,(H,3,4). The maximum Gasteiger partial charge on any atom is 0.323 e. The van der Waals surface area contributed by atoms with Gasteiger partial charge in [-0.2, -0.15) is 0 Å². The molecule has 1 amide bonds. The van der Waals surface area contributed by atoms with Crippen LogP contribution >= 0.6 is 0 Å². The van der Waals surface area contributed by atoms with Crippen molar-refractivity contribution in [3.8, 4) is 0 Å². The van der Waals surface area contributed by atoms with E-state index in [0.717, 1.165) is 45.1 Å². The first-order valence-electron chi connectivity index (χ1n) is 11.9. The molecule has 176 valence electrons. The Hall–Kier alpha value is -1.63. The minimum Gasteiger partial charge on any atom is -0.466 e. The molecule has 0 aromatic carbocycles. The molecule has 1 saturated heterocycles. The second kappa shape index (κ2) is 20.6. The van der Waals surface area contributed by atoms with Gasteiger partial charge in [0.15, 0.2) is 0 Å². The summed E-state index contributed by atoms with van der Waals surface area (Å²) >= 11 is 0. The molecule has 7 heteroatoms. The van der Waals surface area contributed by atoms with E-state index in [0.29, 0.717) is 26.2 Å². The van der Waals surface area contributed by atoms with Gasteiger partial charge in [-0.25, -0.2) is 0 Å². The zero-order valence-corrected chi connectivity index (χ0v) is 19.4. The highest BCUT2D eigenvalue weighted by atomic mass is 16.5. The third-order valence-corrected chi connectivity index (χ3v) is 4.74. The average molecular weight is 429 g/mol. The molecule has 1 aliphatic rings. The molecule has 0 aromatic rings. The van der Waals surface area contributed by atoms with Gasteiger partial charge in [-0.15, -0.1) is 0 Å². The van der Waals surface area contributed by atoms with Gasteiger partial charge in [-0.3, -0.25) is 14.4 Å². The molecule has 1 fully saturated rings. The number of esters is 2. The van der Waals surface area contributed by atoms with Crippen molar-refractivity contribution < 1.29 is 23.9 Å². The van der Waals surface area contributed by atoms with Gasteiger partial charge in [0.1, 0.15) is 6.04 Å². The van der Waals surface area contributed by atoms with E-state index in [1.54, 1.807) is 0 Å². The number of hydrogen-bond donors (Lipinski definition) is 2. The topological polar surface area (TPSA) is 104 Å². The highest BCUT2D eigenvalue weighted by Crippen LogP contribution is 2.10. The molecule has 1 aliphatic heterocycles. The van der Waals surface area contributed by atoms with Crippen molar-refractivity contribution >= 4 is 17.8 Å². The number of carbonyl (C=O) groups excluding carboxylic acids is 3. The molecule has 1 rings (SSSR count). The van der Waals surface area contributed by atoms with Crippen LogP contribution in [0.4, 0.5) is 0 Å². The van der Waals surface area contributed by atoms with Crippen molar-refractivity contribution in [2.45, 2.75) is 104 Å². The summed E-state index contributed by atoms with van der Waals surface area (Å²) in [5.74, 6) is -0.0599. The van der Waals surface area contributed by atoms with Gasteiger partial charge >= 0.3 is 11.9 Å². The highest BCUT2D eigenvalue weighted by molar-refractivity contribution is 5.91. The van der Waals surface area contributed by atoms with Crippen LogP contribution in [0.15, 0.2) is 0 Å². The molecule has 30 heavy (non-hydrogen) atoms. The molecule has 0 bridgehead atoms. The fraction of sp³-hybridized carbons (Fsp3) is 0.870. The van der Waals surface area contributed by atoms with Gasteiger partial charge in [-0.05, 0) is 39.7 Å². The summed E-state index contributed by atoms with van der Waals surface area (Å²) in [6, 6.07) is -0.180. The van der Waals surface area contributed by atoms with Crippen molar-refractivity contribution in [3.05, 3.63) is 0 Å². The predicted octanol–water partition coefficient (Wildman–Crippen LogP) is 3.89. The molecule has 7 nitrogen and oxygen atoms in total. The van der Waals surface area contributed by atoms with Crippen LogP contribution in [-0.2, 0) is 23.9 Å². The highest BCUT2D eigenvalue weighted by Gasteiger charge is 2.18. The fourth-order valence-corrected chi connectivity index (χ4v) is 2.97. The third-order valence-electron chi connectivity index (χ3n) is 4.74. The molecule has 1 heterocycles. The Morgan fingerprint density at radius 1 is 0.900 bits per heavy atom. The van der Waals surface area contributed by atoms with Crippen LogP contribution < -0.4 is 10.6 Å². The molecule has 0 aromatic heterocycles. The van der Waals surface area contributed by atoms with Crippen LogP contribution in [0.3, 0.4) is 0 Å². The van der Waals surface area contributed by atoms with E-state index in [-0.39, 0.29) is 23.9 Å². The molecule has 0 radical (unpaired) electrons. The second-order valence-electron chi connectivity index (χ2n) is 7.56. The Balaban J connectivity index is 0.00000186. The average Bonchev–Trinajstić information content (AvgIpc) is 3.51. The lowest BCUT2D eigenvalue weighted by molar-refractivity contribution is -0.146. The molecular weight excluding hydrogens is 384 g/mol. The Morgan fingerprint density at radius 3 is 2.07 bits per heavy atom. The van der Waals surface area contributed by atoms with Crippen LogP contribution in [0.2, 0.25) is 0 Å². The van der Waals surface area contributed by atoms with Gasteiger partial charge in [0, 0.05) is 6.42 Å². The maximum absolute atomic E-state index is 12.1. The maximum atomic E-state index is 12.1. The quantitative estimate of drug-likeness (QED) is 0.195. The zero-order valence-electron chi connectivity index (χ0n) is 19.4. The molecular formula is C23H44N2O5. The molecule has 0 aliphatic carbocycles. The SMILES string of the molecule is CCCCCCCCC(NCCCCCCC(=O)OCC)C(=O)OCC.O=C1CN1. The zero-order chi connectivity index (χ0) is 22.5. The van der Waals surface area contributed by atoms with E-state index in [9.17, 15) is 14.4 Å². The molecule has 0 saturated carbocycles. The number of carbonyl (C=O) groups is 3. The van der Waals surface area contributed by atoms with E-state index in [4.69, 9.17) is 9.47 Å². The summed E-state index contributed by atoms with van der Waals surface area (Å²) in [5, 5.41) is 5.82. The summed E-state index contributed by atoms with van der Waals surface area (Å²) < 4.78 is 10.1. The van der Waals surface area contributed by atoms with Crippen LogP contribution in [0, 0.1) is 0 Å². The lowest BCUT2D eigenvalue weighted by atomic mass is 10.1. The number of nitrogens with one attached hydrogen (secondary N) is 2. The fourth-order valence-electron chi connectivity index (χ4n) is 2.97. The van der Waals surface area contributed by atoms with Gasteiger partial charge in [0.25, 0.3) is 0 Å². The van der Waals surface area contributed by atoms with Gasteiger partial charge < -0.3 is 20.1 Å². The van der Waals surface area contributed by atoms with Gasteiger partial charge in [0.05, 0.1) is 19.8 Å². The lowest BCUT2D eigenvalue weighted by Gasteiger charge is -2.17. The number of amides is 1. The minimum absolute atomic E-state index is 0.105. The monoisotopic (exact) mass is 428 g/mol. The smallest absolute Gasteiger partial charge is 0.323 e. The summed E-state index contributed by atoms with van der Waals surface area (Å²) in [7, 11) is 0. The van der Waals surface area contributed by atoms with Crippen molar-refractivity contribution in [2.24, 2.45) is 0 Å². The number of ether oxygens (including phenoxy) is 2. The first-order chi connectivity index (χ1) is 14.5. The molecule has 2 N–H and O–H groups in total. The van der Waals surface area contributed by atoms with Gasteiger partial charge in [0.2, 0.25) is 5.91 Å². The minimum atomic E-state index is -0.180. The Labute approximate surface area is 183 Å². The van der Waals surface area contributed by atoms with E-state index >= 15 is 0 Å². The van der Waals surface area contributed by atoms with E-state index < -0.39 is 0 Å². The second-order valence-corrected chi connectivity index (χ2v) is 7.56. The van der Waals surface area contributed by atoms with E-state index in [1.807, 2.05) is 13.8 Å². The van der Waals surface area contributed by atoms with Crippen LogP contribution in [0.5, 0.6) is 0 Å². The van der Waals surface area contributed by atoms with Crippen LogP contribution in [-0.4, -0.2) is 50.2 Å². The number of rotatable bonds is 18. The molecule has 1 unspecified atom stereocenters. The van der Waals surface area contributed by atoms with Gasteiger partial charge in [-0.1, -0.05) is 58.3 Å². The molecule has 0 spiro atoms. The van der Waals surface area contributed by atoms with E-state index in [2.05, 4.69) is 17.6 Å². The summed E-state index contributed by atoms with van der Waals surface area (Å²) in [5.41, 5.74) is 0. The van der Waals surface area contributed by atoms with Crippen molar-refractivity contribution in [1.29, 1.82) is 0 Å². The first kappa shape index (κ1) is 28.4. The Bertz CT molecular complexity index is 451. The normalized spacial score (nSPS) is 13.0. The van der Waals surface area contributed by atoms with Crippen molar-refractivity contribution in [1.82, 2.24) is 10.6 Å². The molecule has 1 atom stereocenters. The van der Waals surface area contributed by atoms with E-state index in [1.165, 1.54) is 32.1 Å². The van der Waals surface area contributed by atoms with Crippen LogP contribution in [0.25, 0.3) is 0 Å². The summed E-state index contributed by atoms with van der Waals surface area (Å²) in [4.78, 5) is 32.8. The number of hydrogen-bond acceptors (Lipinski definition) is 6. The largest absolute Gasteiger partial charge is 0.466 e. The third kappa shape index (κ3) is 19.7. The number of unbranched alkanes of at least 4 members (excludes halogenated alkanes) is 8. The lowest BCUT2D eigenvalue weighted by Crippen LogP contribution is -2.38. The Kier molecular flexibility index (Phi) is 19.5. The van der Waals surface area contributed by atoms with Crippen molar-refractivity contribution in [2.75, 3.05) is 26.3 Å². The summed E-state index contributed by atoms with van der Waals surface area (Å²) in [6.07, 6.45) is 12.7. The van der Waals surface area contributed by atoms with Crippen molar-refractivity contribution in [3.63, 3.8) is 0 Å². The Morgan fingerprint density at radius 2 is 1.47 bits per heavy atom. The van der Waals surface area contributed by atoms with Crippen LogP contribution in [0.1, 0.15) is 97.8 Å². The summed E-state index contributed by atoms with van der Waals surface area (Å²) in [6.45, 7) is 8.20. The first-order valence-corrected chi connectivity index (χ1v) is 11.9. The predicted molar refractivity (Wildman–Crippen MR) is 119 cm³/mol.